The van der Waals surface area contributed by atoms with Crippen molar-refractivity contribution < 1.29 is 0 Å². The molecule has 0 atom stereocenters. The molecule has 0 aliphatic heterocycles. The summed E-state index contributed by atoms with van der Waals surface area (Å²) in [7, 11) is 0. The maximum absolute atomic E-state index is 9.55. The van der Waals surface area contributed by atoms with E-state index in [1.165, 1.54) is 0 Å². The molecule has 2 N–H and O–H groups in total. The average molecular weight is 333 g/mol. The van der Waals surface area contributed by atoms with E-state index in [2.05, 4.69) is 30.3 Å². The molecule has 3 aromatic carbocycles. The van der Waals surface area contributed by atoms with Gasteiger partial charge in [-0.25, -0.2) is 0 Å². The van der Waals surface area contributed by atoms with Gasteiger partial charge in [0, 0.05) is 0 Å². The fourth-order valence-corrected chi connectivity index (χ4v) is 3.09. The van der Waals surface area contributed by atoms with Crippen molar-refractivity contribution in [2.75, 3.05) is 5.73 Å². The van der Waals surface area contributed by atoms with Crippen molar-refractivity contribution >= 4 is 17.3 Å². The number of anilines is 1. The molecular formula is C21H17ClN2. The summed E-state index contributed by atoms with van der Waals surface area (Å²) in [5.74, 6) is 0. The number of nitrogens with two attached hydrogens (primary N) is 1. The van der Waals surface area contributed by atoms with Gasteiger partial charge in [0.1, 0.15) is 0 Å². The van der Waals surface area contributed by atoms with Gasteiger partial charge in [0.05, 0.1) is 22.3 Å². The molecule has 0 amide bonds. The van der Waals surface area contributed by atoms with Crippen molar-refractivity contribution in [2.45, 2.75) is 12.8 Å². The summed E-state index contributed by atoms with van der Waals surface area (Å²) in [6.07, 6.45) is 1.32. The lowest BCUT2D eigenvalue weighted by Crippen LogP contribution is -2.06. The minimum Gasteiger partial charge on any atom is -0.397 e. The Hall–Kier alpha value is -2.76. The standard InChI is InChI=1S/C21H17ClN2/c22-20-13-17(14-23)18(11-15-7-3-1-4-8-15)19(21(20)24)12-16-9-5-2-6-10-16/h1-10,13H,11-12,24H2. The molecule has 3 aromatic rings. The van der Waals surface area contributed by atoms with E-state index in [1.54, 1.807) is 6.07 Å². The summed E-state index contributed by atoms with van der Waals surface area (Å²) in [6, 6.07) is 24.1. The molecule has 0 bridgehead atoms. The van der Waals surface area contributed by atoms with E-state index in [0.717, 1.165) is 22.3 Å². The van der Waals surface area contributed by atoms with Crippen molar-refractivity contribution in [3.63, 3.8) is 0 Å². The summed E-state index contributed by atoms with van der Waals surface area (Å²) in [6.45, 7) is 0. The van der Waals surface area contributed by atoms with E-state index < -0.39 is 0 Å². The number of hydrogen-bond acceptors (Lipinski definition) is 2. The third kappa shape index (κ3) is 3.42. The van der Waals surface area contributed by atoms with Gasteiger partial charge < -0.3 is 5.73 Å². The van der Waals surface area contributed by atoms with Gasteiger partial charge in [-0.1, -0.05) is 72.3 Å². The Labute approximate surface area is 147 Å². The molecule has 0 aliphatic rings. The second-order valence-electron chi connectivity index (χ2n) is 5.71. The lowest BCUT2D eigenvalue weighted by Gasteiger charge is -2.16. The highest BCUT2D eigenvalue weighted by atomic mass is 35.5. The Kier molecular flexibility index (Phi) is 4.84. The third-order valence-corrected chi connectivity index (χ3v) is 4.42. The predicted octanol–water partition coefficient (Wildman–Crippen LogP) is 4.98. The number of nitriles is 1. The zero-order chi connectivity index (χ0) is 16.9. The Morgan fingerprint density at radius 2 is 1.33 bits per heavy atom. The second kappa shape index (κ2) is 7.21. The van der Waals surface area contributed by atoms with E-state index in [9.17, 15) is 5.26 Å². The number of nitrogen functional groups attached to an aromatic ring is 1. The van der Waals surface area contributed by atoms with E-state index in [1.807, 2.05) is 36.4 Å². The maximum atomic E-state index is 9.55. The molecule has 2 nitrogen and oxygen atoms in total. The van der Waals surface area contributed by atoms with Gasteiger partial charge in [-0.2, -0.15) is 5.26 Å². The zero-order valence-corrected chi connectivity index (χ0v) is 13.9. The molecule has 0 saturated carbocycles. The van der Waals surface area contributed by atoms with Crippen molar-refractivity contribution in [2.24, 2.45) is 0 Å². The van der Waals surface area contributed by atoms with Crippen LogP contribution in [0.5, 0.6) is 0 Å². The molecule has 24 heavy (non-hydrogen) atoms. The number of hydrogen-bond donors (Lipinski definition) is 1. The van der Waals surface area contributed by atoms with Crippen LogP contribution in [0.1, 0.15) is 27.8 Å². The summed E-state index contributed by atoms with van der Waals surface area (Å²) < 4.78 is 0. The van der Waals surface area contributed by atoms with Crippen LogP contribution in [0.4, 0.5) is 5.69 Å². The summed E-state index contributed by atoms with van der Waals surface area (Å²) >= 11 is 6.26. The summed E-state index contributed by atoms with van der Waals surface area (Å²) in [5.41, 5.74) is 11.6. The summed E-state index contributed by atoms with van der Waals surface area (Å²) in [5, 5.41) is 9.99. The van der Waals surface area contributed by atoms with Crippen molar-refractivity contribution in [3.8, 4) is 6.07 Å². The molecule has 0 unspecified atom stereocenters. The first kappa shape index (κ1) is 16.1. The number of nitrogens with zero attached hydrogens (tertiary/aromatic N) is 1. The van der Waals surface area contributed by atoms with Gasteiger partial charge >= 0.3 is 0 Å². The third-order valence-electron chi connectivity index (χ3n) is 4.11. The van der Waals surface area contributed by atoms with E-state index in [0.29, 0.717) is 29.1 Å². The van der Waals surface area contributed by atoms with Gasteiger partial charge in [-0.05, 0) is 41.2 Å². The van der Waals surface area contributed by atoms with Crippen LogP contribution in [-0.4, -0.2) is 0 Å². The van der Waals surface area contributed by atoms with Gasteiger partial charge in [0.25, 0.3) is 0 Å². The Morgan fingerprint density at radius 3 is 1.83 bits per heavy atom. The molecule has 0 heterocycles. The average Bonchev–Trinajstić information content (AvgIpc) is 2.63. The molecule has 0 aromatic heterocycles. The first-order valence-electron chi connectivity index (χ1n) is 7.76. The SMILES string of the molecule is N#Cc1cc(Cl)c(N)c(Cc2ccccc2)c1Cc1ccccc1. The number of halogens is 1. The fourth-order valence-electron chi connectivity index (χ4n) is 2.86. The van der Waals surface area contributed by atoms with Gasteiger partial charge in [-0.15, -0.1) is 0 Å². The monoisotopic (exact) mass is 332 g/mol. The number of benzene rings is 3. The highest BCUT2D eigenvalue weighted by molar-refractivity contribution is 6.33. The number of rotatable bonds is 4. The highest BCUT2D eigenvalue weighted by Crippen LogP contribution is 2.32. The highest BCUT2D eigenvalue weighted by Gasteiger charge is 2.16. The van der Waals surface area contributed by atoms with Crippen LogP contribution in [0.25, 0.3) is 0 Å². The van der Waals surface area contributed by atoms with Gasteiger partial charge in [-0.3, -0.25) is 0 Å². The van der Waals surface area contributed by atoms with Crippen molar-refractivity contribution in [3.05, 3.63) is 99.6 Å². The fraction of sp³-hybridized carbons (Fsp3) is 0.0952. The minimum atomic E-state index is 0.439. The molecule has 0 saturated heterocycles. The van der Waals surface area contributed by atoms with E-state index in [-0.39, 0.29) is 0 Å². The van der Waals surface area contributed by atoms with Crippen LogP contribution in [0, 0.1) is 11.3 Å². The Bertz CT molecular complexity index is 881. The first-order chi connectivity index (χ1) is 11.7. The van der Waals surface area contributed by atoms with Crippen molar-refractivity contribution in [1.29, 1.82) is 5.26 Å². The second-order valence-corrected chi connectivity index (χ2v) is 6.12. The van der Waals surface area contributed by atoms with E-state index in [4.69, 9.17) is 17.3 Å². The first-order valence-corrected chi connectivity index (χ1v) is 8.14. The summed E-state index contributed by atoms with van der Waals surface area (Å²) in [4.78, 5) is 0. The van der Waals surface area contributed by atoms with Gasteiger partial charge in [0.15, 0.2) is 0 Å². The van der Waals surface area contributed by atoms with E-state index >= 15 is 0 Å². The Morgan fingerprint density at radius 1 is 0.833 bits per heavy atom. The molecule has 0 aliphatic carbocycles. The molecule has 0 fully saturated rings. The lowest BCUT2D eigenvalue weighted by atomic mass is 9.90. The van der Waals surface area contributed by atoms with Crippen LogP contribution >= 0.6 is 11.6 Å². The van der Waals surface area contributed by atoms with Crippen LogP contribution in [-0.2, 0) is 12.8 Å². The van der Waals surface area contributed by atoms with Crippen LogP contribution in [0.2, 0.25) is 5.02 Å². The minimum absolute atomic E-state index is 0.439. The predicted molar refractivity (Wildman–Crippen MR) is 99.1 cm³/mol. The lowest BCUT2D eigenvalue weighted by molar-refractivity contribution is 1.08. The molecule has 3 rings (SSSR count). The van der Waals surface area contributed by atoms with Crippen molar-refractivity contribution in [1.82, 2.24) is 0 Å². The van der Waals surface area contributed by atoms with Gasteiger partial charge in [0.2, 0.25) is 0 Å². The smallest absolute Gasteiger partial charge is 0.0995 e. The molecule has 118 valence electrons. The van der Waals surface area contributed by atoms with Crippen LogP contribution in [0.3, 0.4) is 0 Å². The molecule has 3 heteroatoms. The topological polar surface area (TPSA) is 49.8 Å². The zero-order valence-electron chi connectivity index (χ0n) is 13.2. The van der Waals surface area contributed by atoms with Crippen LogP contribution in [0.15, 0.2) is 66.7 Å². The largest absolute Gasteiger partial charge is 0.397 e. The van der Waals surface area contributed by atoms with Crippen LogP contribution < -0.4 is 5.73 Å². The molecule has 0 radical (unpaired) electrons. The molecular weight excluding hydrogens is 316 g/mol. The quantitative estimate of drug-likeness (QED) is 0.685. The Balaban J connectivity index is 2.11. The maximum Gasteiger partial charge on any atom is 0.0995 e. The normalized spacial score (nSPS) is 10.3. The molecule has 0 spiro atoms.